The third kappa shape index (κ3) is 3.10. The van der Waals surface area contributed by atoms with Crippen molar-refractivity contribution in [1.29, 1.82) is 0 Å². The van der Waals surface area contributed by atoms with Gasteiger partial charge in [-0.25, -0.2) is 0 Å². The summed E-state index contributed by atoms with van der Waals surface area (Å²) >= 11 is 0. The minimum absolute atomic E-state index is 0.507. The fraction of sp³-hybridized carbons (Fsp3) is 0.800. The van der Waals surface area contributed by atoms with Gasteiger partial charge in [0.2, 0.25) is 5.89 Å². The molecule has 4 nitrogen and oxygen atoms in total. The highest BCUT2D eigenvalue weighted by Crippen LogP contribution is 2.13. The molecule has 0 unspecified atom stereocenters. The molecule has 80 valence electrons. The van der Waals surface area contributed by atoms with Gasteiger partial charge in [-0.05, 0) is 20.3 Å². The van der Waals surface area contributed by atoms with Gasteiger partial charge in [0.15, 0.2) is 5.82 Å². The van der Waals surface area contributed by atoms with Gasteiger partial charge in [-0.15, -0.1) is 0 Å². The zero-order chi connectivity index (χ0) is 10.6. The molecule has 0 aliphatic heterocycles. The summed E-state index contributed by atoms with van der Waals surface area (Å²) in [6.45, 7) is 5.91. The van der Waals surface area contributed by atoms with E-state index in [-0.39, 0.29) is 0 Å². The summed E-state index contributed by atoms with van der Waals surface area (Å²) in [7, 11) is 0. The summed E-state index contributed by atoms with van der Waals surface area (Å²) in [5, 5.41) is 3.86. The van der Waals surface area contributed by atoms with Crippen LogP contribution in [-0.4, -0.2) is 10.1 Å². The lowest BCUT2D eigenvalue weighted by atomic mass is 10.1. The van der Waals surface area contributed by atoms with Crippen LogP contribution in [0.25, 0.3) is 0 Å². The lowest BCUT2D eigenvalue weighted by Crippen LogP contribution is -2.30. The third-order valence-corrected chi connectivity index (χ3v) is 2.04. The monoisotopic (exact) mass is 197 g/mol. The first kappa shape index (κ1) is 11.2. The molecule has 0 aromatic carbocycles. The number of unbranched alkanes of at least 4 members (excludes halogenated alkanes) is 2. The van der Waals surface area contributed by atoms with Gasteiger partial charge in [-0.2, -0.15) is 4.98 Å². The number of aromatic nitrogens is 2. The van der Waals surface area contributed by atoms with Crippen LogP contribution in [0.3, 0.4) is 0 Å². The standard InChI is InChI=1S/C10H19N3O/c1-4-5-6-7-8-12-9(13-14-8)10(2,3)11/h4-7,11H2,1-3H3. The van der Waals surface area contributed by atoms with Crippen LogP contribution in [0.5, 0.6) is 0 Å². The molecule has 0 radical (unpaired) electrons. The van der Waals surface area contributed by atoms with Crippen molar-refractivity contribution >= 4 is 0 Å². The second-order valence-corrected chi connectivity index (χ2v) is 4.19. The lowest BCUT2D eigenvalue weighted by molar-refractivity contribution is 0.357. The maximum atomic E-state index is 5.84. The number of nitrogens with zero attached hydrogens (tertiary/aromatic N) is 2. The van der Waals surface area contributed by atoms with Crippen LogP contribution < -0.4 is 5.73 Å². The van der Waals surface area contributed by atoms with Gasteiger partial charge in [0, 0.05) is 6.42 Å². The van der Waals surface area contributed by atoms with Crippen LogP contribution >= 0.6 is 0 Å². The minimum Gasteiger partial charge on any atom is -0.339 e. The van der Waals surface area contributed by atoms with Crippen molar-refractivity contribution < 1.29 is 4.52 Å². The van der Waals surface area contributed by atoms with E-state index in [1.54, 1.807) is 0 Å². The van der Waals surface area contributed by atoms with Crippen LogP contribution in [0, 0.1) is 0 Å². The molecule has 0 spiro atoms. The molecule has 0 aliphatic rings. The number of hydrogen-bond donors (Lipinski definition) is 1. The minimum atomic E-state index is -0.507. The summed E-state index contributed by atoms with van der Waals surface area (Å²) in [4.78, 5) is 4.25. The lowest BCUT2D eigenvalue weighted by Gasteiger charge is -2.11. The van der Waals surface area contributed by atoms with Crippen LogP contribution in [0.2, 0.25) is 0 Å². The molecule has 0 amide bonds. The maximum absolute atomic E-state index is 5.84. The van der Waals surface area contributed by atoms with Gasteiger partial charge in [-0.1, -0.05) is 24.9 Å². The predicted molar refractivity (Wildman–Crippen MR) is 54.7 cm³/mol. The molecule has 0 fully saturated rings. The Morgan fingerprint density at radius 2 is 2.07 bits per heavy atom. The fourth-order valence-corrected chi connectivity index (χ4v) is 1.14. The predicted octanol–water partition coefficient (Wildman–Crippen LogP) is 2.00. The molecule has 1 aromatic rings. The molecule has 0 saturated heterocycles. The van der Waals surface area contributed by atoms with E-state index in [2.05, 4.69) is 17.1 Å². The largest absolute Gasteiger partial charge is 0.339 e. The summed E-state index contributed by atoms with van der Waals surface area (Å²) in [6.07, 6.45) is 4.35. The average Bonchev–Trinajstić information content (AvgIpc) is 2.52. The third-order valence-electron chi connectivity index (χ3n) is 2.04. The number of nitrogens with two attached hydrogens (primary N) is 1. The Morgan fingerprint density at radius 1 is 1.36 bits per heavy atom. The number of hydrogen-bond acceptors (Lipinski definition) is 4. The van der Waals surface area contributed by atoms with Crippen molar-refractivity contribution in [2.24, 2.45) is 5.73 Å². The summed E-state index contributed by atoms with van der Waals surface area (Å²) < 4.78 is 5.10. The molecule has 0 atom stereocenters. The highest BCUT2D eigenvalue weighted by Gasteiger charge is 2.20. The highest BCUT2D eigenvalue weighted by molar-refractivity contribution is 4.98. The van der Waals surface area contributed by atoms with E-state index in [1.165, 1.54) is 12.8 Å². The van der Waals surface area contributed by atoms with Crippen molar-refractivity contribution in [2.45, 2.75) is 52.0 Å². The Balaban J connectivity index is 2.51. The Hall–Kier alpha value is -0.900. The second kappa shape index (κ2) is 4.55. The quantitative estimate of drug-likeness (QED) is 0.733. The molecule has 14 heavy (non-hydrogen) atoms. The van der Waals surface area contributed by atoms with Gasteiger partial charge < -0.3 is 10.3 Å². The van der Waals surface area contributed by atoms with E-state index < -0.39 is 5.54 Å². The van der Waals surface area contributed by atoms with E-state index in [0.29, 0.717) is 11.7 Å². The first-order valence-electron chi connectivity index (χ1n) is 5.16. The van der Waals surface area contributed by atoms with E-state index in [1.807, 2.05) is 13.8 Å². The first-order chi connectivity index (χ1) is 6.54. The second-order valence-electron chi connectivity index (χ2n) is 4.19. The number of aryl methyl sites for hydroxylation is 1. The molecule has 1 heterocycles. The normalized spacial score (nSPS) is 12.0. The van der Waals surface area contributed by atoms with E-state index >= 15 is 0 Å². The molecule has 1 aromatic heterocycles. The maximum Gasteiger partial charge on any atom is 0.226 e. The van der Waals surface area contributed by atoms with E-state index in [0.717, 1.165) is 12.8 Å². The Morgan fingerprint density at radius 3 is 2.57 bits per heavy atom. The Kier molecular flexibility index (Phi) is 3.63. The van der Waals surface area contributed by atoms with Gasteiger partial charge >= 0.3 is 0 Å². The zero-order valence-electron chi connectivity index (χ0n) is 9.21. The van der Waals surface area contributed by atoms with Gasteiger partial charge in [0.25, 0.3) is 0 Å². The van der Waals surface area contributed by atoms with E-state index in [9.17, 15) is 0 Å². The highest BCUT2D eigenvalue weighted by atomic mass is 16.5. The van der Waals surface area contributed by atoms with Crippen LogP contribution in [0.4, 0.5) is 0 Å². The Labute approximate surface area is 84.9 Å². The number of rotatable bonds is 5. The Bertz CT molecular complexity index is 275. The molecule has 0 saturated carbocycles. The van der Waals surface area contributed by atoms with Gasteiger partial charge in [0.1, 0.15) is 0 Å². The van der Waals surface area contributed by atoms with E-state index in [4.69, 9.17) is 10.3 Å². The SMILES string of the molecule is CCCCCc1nc(C(C)(C)N)no1. The fourth-order valence-electron chi connectivity index (χ4n) is 1.14. The summed E-state index contributed by atoms with van der Waals surface area (Å²) in [6, 6.07) is 0. The molecular weight excluding hydrogens is 178 g/mol. The van der Waals surface area contributed by atoms with Crippen LogP contribution in [-0.2, 0) is 12.0 Å². The average molecular weight is 197 g/mol. The molecule has 2 N–H and O–H groups in total. The summed E-state index contributed by atoms with van der Waals surface area (Å²) in [5.41, 5.74) is 5.33. The molecular formula is C10H19N3O. The smallest absolute Gasteiger partial charge is 0.226 e. The summed E-state index contributed by atoms with van der Waals surface area (Å²) in [5.74, 6) is 1.29. The molecule has 0 aliphatic carbocycles. The van der Waals surface area contributed by atoms with Crippen LogP contribution in [0.1, 0.15) is 51.7 Å². The molecule has 1 rings (SSSR count). The van der Waals surface area contributed by atoms with Crippen LogP contribution in [0.15, 0.2) is 4.52 Å². The van der Waals surface area contributed by atoms with Crippen molar-refractivity contribution in [2.75, 3.05) is 0 Å². The van der Waals surface area contributed by atoms with Crippen molar-refractivity contribution in [3.63, 3.8) is 0 Å². The van der Waals surface area contributed by atoms with Gasteiger partial charge in [-0.3, -0.25) is 0 Å². The van der Waals surface area contributed by atoms with Crippen molar-refractivity contribution in [3.05, 3.63) is 11.7 Å². The van der Waals surface area contributed by atoms with Crippen molar-refractivity contribution in [3.8, 4) is 0 Å². The zero-order valence-corrected chi connectivity index (χ0v) is 9.21. The molecule has 0 bridgehead atoms. The first-order valence-corrected chi connectivity index (χ1v) is 5.16. The topological polar surface area (TPSA) is 64.9 Å². The van der Waals surface area contributed by atoms with Gasteiger partial charge in [0.05, 0.1) is 5.54 Å². The molecule has 4 heteroatoms. The van der Waals surface area contributed by atoms with Crippen molar-refractivity contribution in [1.82, 2.24) is 10.1 Å².